The molecule has 2 aliphatic rings. The number of halogens is 1. The summed E-state index contributed by atoms with van der Waals surface area (Å²) in [7, 11) is 0. The lowest BCUT2D eigenvalue weighted by Crippen LogP contribution is -2.30. The zero-order valence-electron chi connectivity index (χ0n) is 13.1. The molecule has 0 spiro atoms. The molecule has 4 rings (SSSR count). The highest BCUT2D eigenvalue weighted by Gasteiger charge is 2.32. The van der Waals surface area contributed by atoms with E-state index in [1.165, 1.54) is 4.68 Å². The molecule has 0 saturated heterocycles. The Hall–Kier alpha value is -2.05. The van der Waals surface area contributed by atoms with Gasteiger partial charge in [0.25, 0.3) is 5.91 Å². The van der Waals surface area contributed by atoms with Crippen molar-refractivity contribution in [3.8, 4) is 0 Å². The summed E-state index contributed by atoms with van der Waals surface area (Å²) < 4.78 is 1.46. The van der Waals surface area contributed by atoms with Gasteiger partial charge in [0, 0.05) is 29.2 Å². The Morgan fingerprint density at radius 1 is 1.42 bits per heavy atom. The quantitative estimate of drug-likeness (QED) is 0.736. The molecule has 0 amide bonds. The van der Waals surface area contributed by atoms with Gasteiger partial charge in [0.2, 0.25) is 0 Å². The molecule has 2 atom stereocenters. The zero-order chi connectivity index (χ0) is 16.8. The lowest BCUT2D eigenvalue weighted by Gasteiger charge is -2.26. The minimum absolute atomic E-state index is 0.0793. The first-order chi connectivity index (χ1) is 11.5. The van der Waals surface area contributed by atoms with Crippen molar-refractivity contribution < 1.29 is 9.90 Å². The number of aliphatic hydroxyl groups is 1. The van der Waals surface area contributed by atoms with Crippen molar-refractivity contribution in [2.75, 3.05) is 17.6 Å². The van der Waals surface area contributed by atoms with E-state index in [0.717, 1.165) is 29.1 Å². The molecule has 1 aromatic heterocycles. The number of aromatic nitrogens is 2. The second-order valence-corrected chi connectivity index (χ2v) is 6.89. The summed E-state index contributed by atoms with van der Waals surface area (Å²) in [6.45, 7) is 0.725. The fourth-order valence-corrected chi connectivity index (χ4v) is 3.88. The fraction of sp³-hybridized carbons (Fsp3) is 0.412. The lowest BCUT2D eigenvalue weighted by atomic mass is 9.89. The van der Waals surface area contributed by atoms with Crippen molar-refractivity contribution in [2.24, 2.45) is 0 Å². The van der Waals surface area contributed by atoms with Gasteiger partial charge in [-0.05, 0) is 43.0 Å². The lowest BCUT2D eigenvalue weighted by molar-refractivity contribution is 0.0848. The zero-order valence-corrected chi connectivity index (χ0v) is 13.9. The largest absolute Gasteiger partial charge is 0.393 e. The summed E-state index contributed by atoms with van der Waals surface area (Å²) in [5, 5.41) is 18.0. The van der Waals surface area contributed by atoms with E-state index in [1.54, 1.807) is 0 Å². The predicted octanol–water partition coefficient (Wildman–Crippen LogP) is 2.21. The van der Waals surface area contributed by atoms with Crippen molar-refractivity contribution in [3.63, 3.8) is 0 Å². The van der Waals surface area contributed by atoms with Crippen LogP contribution in [-0.2, 0) is 12.8 Å². The molecule has 2 aromatic rings. The van der Waals surface area contributed by atoms with Gasteiger partial charge in [-0.25, -0.2) is 4.68 Å². The van der Waals surface area contributed by atoms with Crippen molar-refractivity contribution in [1.82, 2.24) is 9.78 Å². The van der Waals surface area contributed by atoms with Crippen molar-refractivity contribution in [3.05, 3.63) is 40.0 Å². The Labute approximate surface area is 144 Å². The van der Waals surface area contributed by atoms with Gasteiger partial charge in [-0.1, -0.05) is 11.6 Å². The number of benzene rings is 1. The van der Waals surface area contributed by atoms with Crippen LogP contribution in [-0.4, -0.2) is 33.4 Å². The molecule has 1 aromatic carbocycles. The van der Waals surface area contributed by atoms with E-state index in [-0.39, 0.29) is 11.8 Å². The first-order valence-electron chi connectivity index (χ1n) is 8.16. The molecule has 0 bridgehead atoms. The SMILES string of the molecule is Nc1nn(C(=O)[C@H]2CCNc3ccc(Cl)cc32)c2c1C[C@@H](O)CC2. The molecule has 0 radical (unpaired) electrons. The number of carbonyl (C=O) groups is 1. The molecule has 7 heteroatoms. The van der Waals surface area contributed by atoms with E-state index in [1.807, 2.05) is 18.2 Å². The van der Waals surface area contributed by atoms with Crippen molar-refractivity contribution >= 4 is 29.0 Å². The van der Waals surface area contributed by atoms with Gasteiger partial charge < -0.3 is 16.2 Å². The smallest absolute Gasteiger partial charge is 0.254 e. The summed E-state index contributed by atoms with van der Waals surface area (Å²) >= 11 is 6.12. The molecule has 4 N–H and O–H groups in total. The standard InChI is InChI=1S/C17H19ClN4O2/c18-9-1-3-14-12(7-9)11(5-6-20-14)17(24)22-15-4-2-10(23)8-13(15)16(19)21-22/h1,3,7,10-11,20,23H,2,4-6,8H2,(H2,19,21)/t10-,11-/m0/s1. The number of anilines is 2. The van der Waals surface area contributed by atoms with E-state index < -0.39 is 6.10 Å². The van der Waals surface area contributed by atoms with E-state index in [9.17, 15) is 9.90 Å². The molecule has 2 heterocycles. The maximum Gasteiger partial charge on any atom is 0.254 e. The highest BCUT2D eigenvalue weighted by atomic mass is 35.5. The van der Waals surface area contributed by atoms with Crippen molar-refractivity contribution in [1.29, 1.82) is 0 Å². The van der Waals surface area contributed by atoms with Crippen molar-refractivity contribution in [2.45, 2.75) is 37.7 Å². The Morgan fingerprint density at radius 2 is 2.25 bits per heavy atom. The highest BCUT2D eigenvalue weighted by molar-refractivity contribution is 6.30. The topological polar surface area (TPSA) is 93.2 Å². The third-order valence-corrected chi connectivity index (χ3v) is 5.15. The molecule has 126 valence electrons. The number of rotatable bonds is 1. The first-order valence-corrected chi connectivity index (χ1v) is 8.54. The molecule has 6 nitrogen and oxygen atoms in total. The number of nitrogens with zero attached hydrogens (tertiary/aromatic N) is 2. The Morgan fingerprint density at radius 3 is 3.08 bits per heavy atom. The predicted molar refractivity (Wildman–Crippen MR) is 92.6 cm³/mol. The van der Waals surface area contributed by atoms with Gasteiger partial charge in [0.1, 0.15) is 5.82 Å². The summed E-state index contributed by atoms with van der Waals surface area (Å²) in [6, 6.07) is 5.56. The third-order valence-electron chi connectivity index (χ3n) is 4.92. The molecule has 0 saturated carbocycles. The second kappa shape index (κ2) is 5.79. The molecule has 0 fully saturated rings. The molecule has 1 aliphatic carbocycles. The Bertz CT molecular complexity index is 817. The van der Waals surface area contributed by atoms with Crippen LogP contribution in [0, 0.1) is 0 Å². The number of nitrogens with two attached hydrogens (primary N) is 1. The minimum atomic E-state index is -0.411. The normalized spacial score (nSPS) is 22.4. The van der Waals surface area contributed by atoms with Gasteiger partial charge in [-0.2, -0.15) is 0 Å². The molecule has 24 heavy (non-hydrogen) atoms. The first kappa shape index (κ1) is 15.5. The monoisotopic (exact) mass is 346 g/mol. The Balaban J connectivity index is 1.74. The second-order valence-electron chi connectivity index (χ2n) is 6.46. The number of hydrogen-bond donors (Lipinski definition) is 3. The Kier molecular flexibility index (Phi) is 3.73. The van der Waals surface area contributed by atoms with Gasteiger partial charge in [-0.15, -0.1) is 5.10 Å². The van der Waals surface area contributed by atoms with Crippen LogP contribution < -0.4 is 11.1 Å². The molecular weight excluding hydrogens is 328 g/mol. The van der Waals surface area contributed by atoms with Crippen LogP contribution in [0.5, 0.6) is 0 Å². The fourth-order valence-electron chi connectivity index (χ4n) is 3.70. The summed E-state index contributed by atoms with van der Waals surface area (Å²) in [6.07, 6.45) is 1.97. The highest BCUT2D eigenvalue weighted by Crippen LogP contribution is 2.36. The summed E-state index contributed by atoms with van der Waals surface area (Å²) in [5.74, 6) is -0.0306. The van der Waals surface area contributed by atoms with Crippen LogP contribution in [0.2, 0.25) is 5.02 Å². The third kappa shape index (κ3) is 2.46. The van der Waals surface area contributed by atoms with Gasteiger partial charge in [0.05, 0.1) is 17.7 Å². The van der Waals surface area contributed by atoms with Gasteiger partial charge in [0.15, 0.2) is 0 Å². The van der Waals surface area contributed by atoms with Crippen LogP contribution >= 0.6 is 11.6 Å². The number of fused-ring (bicyclic) bond motifs is 2. The number of carbonyl (C=O) groups excluding carboxylic acids is 1. The molecule has 0 unspecified atom stereocenters. The minimum Gasteiger partial charge on any atom is -0.393 e. The molecular formula is C17H19ClN4O2. The van der Waals surface area contributed by atoms with Crippen LogP contribution in [0.25, 0.3) is 0 Å². The summed E-state index contributed by atoms with van der Waals surface area (Å²) in [5.41, 5.74) is 9.47. The maximum atomic E-state index is 13.2. The summed E-state index contributed by atoms with van der Waals surface area (Å²) in [4.78, 5) is 13.2. The number of nitrogens with one attached hydrogen (secondary N) is 1. The maximum absolute atomic E-state index is 13.2. The molecule has 1 aliphatic heterocycles. The number of aliphatic hydroxyl groups excluding tert-OH is 1. The van der Waals surface area contributed by atoms with Gasteiger partial charge in [-0.3, -0.25) is 4.79 Å². The number of nitrogen functional groups attached to an aromatic ring is 1. The van der Waals surface area contributed by atoms with E-state index >= 15 is 0 Å². The average Bonchev–Trinajstić information content (AvgIpc) is 2.90. The van der Waals surface area contributed by atoms with E-state index in [2.05, 4.69) is 10.4 Å². The van der Waals surface area contributed by atoms with E-state index in [4.69, 9.17) is 17.3 Å². The van der Waals surface area contributed by atoms with Crippen LogP contribution in [0.4, 0.5) is 11.5 Å². The number of hydrogen-bond acceptors (Lipinski definition) is 5. The van der Waals surface area contributed by atoms with Crippen LogP contribution in [0.15, 0.2) is 18.2 Å². The van der Waals surface area contributed by atoms with Crippen LogP contribution in [0.3, 0.4) is 0 Å². The van der Waals surface area contributed by atoms with Gasteiger partial charge >= 0.3 is 0 Å². The van der Waals surface area contributed by atoms with Crippen LogP contribution in [0.1, 0.15) is 40.4 Å². The average molecular weight is 347 g/mol. The van der Waals surface area contributed by atoms with E-state index in [0.29, 0.717) is 36.5 Å².